The molecule has 0 bridgehead atoms. The molecule has 2 atom stereocenters. The van der Waals surface area contributed by atoms with Crippen LogP contribution in [0.2, 0.25) is 5.02 Å². The Labute approximate surface area is 133 Å². The maximum atomic E-state index is 12.4. The van der Waals surface area contributed by atoms with Crippen molar-refractivity contribution in [3.8, 4) is 0 Å². The van der Waals surface area contributed by atoms with E-state index in [1.165, 1.54) is 0 Å². The second-order valence-corrected chi connectivity index (χ2v) is 7.40. The number of benzene rings is 2. The summed E-state index contributed by atoms with van der Waals surface area (Å²) >= 11 is 9.21. The molecule has 2 nitrogen and oxygen atoms in total. The van der Waals surface area contributed by atoms with Crippen LogP contribution in [-0.2, 0) is 10.8 Å². The highest BCUT2D eigenvalue weighted by molar-refractivity contribution is 9.10. The Kier molecular flexibility index (Phi) is 5.13. The van der Waals surface area contributed by atoms with Gasteiger partial charge in [-0.05, 0) is 37.3 Å². The molecule has 0 fully saturated rings. The van der Waals surface area contributed by atoms with E-state index in [9.17, 15) is 9.00 Å². The molecule has 2 unspecified atom stereocenters. The second-order valence-electron chi connectivity index (χ2n) is 4.27. The summed E-state index contributed by atoms with van der Waals surface area (Å²) in [5, 5.41) is -0.126. The number of Topliss-reactive ketones (excluding diaryl/α,β-unsaturated/α-hetero) is 1. The van der Waals surface area contributed by atoms with Crippen molar-refractivity contribution in [3.05, 3.63) is 63.6 Å². The average Bonchev–Trinajstić information content (AvgIpc) is 2.45. The highest BCUT2D eigenvalue weighted by Crippen LogP contribution is 2.20. The van der Waals surface area contributed by atoms with Gasteiger partial charge in [0.2, 0.25) is 0 Å². The zero-order chi connectivity index (χ0) is 14.7. The summed E-state index contributed by atoms with van der Waals surface area (Å²) in [6.45, 7) is 1.67. The summed E-state index contributed by atoms with van der Waals surface area (Å²) in [6.07, 6.45) is 0. The summed E-state index contributed by atoms with van der Waals surface area (Å²) in [4.78, 5) is 13.0. The van der Waals surface area contributed by atoms with Gasteiger partial charge in [-0.3, -0.25) is 9.00 Å². The van der Waals surface area contributed by atoms with Gasteiger partial charge in [-0.2, -0.15) is 0 Å². The van der Waals surface area contributed by atoms with Crippen molar-refractivity contribution in [2.75, 3.05) is 0 Å². The number of carbonyl (C=O) groups is 1. The first-order chi connectivity index (χ1) is 9.49. The van der Waals surface area contributed by atoms with Gasteiger partial charge in [-0.15, -0.1) is 0 Å². The third kappa shape index (κ3) is 3.57. The van der Waals surface area contributed by atoms with Crippen LogP contribution in [-0.4, -0.2) is 15.2 Å². The molecule has 0 radical (unpaired) electrons. The lowest BCUT2D eigenvalue weighted by molar-refractivity contribution is 0.0992. The number of halogens is 2. The van der Waals surface area contributed by atoms with E-state index in [2.05, 4.69) is 15.9 Å². The lowest BCUT2D eigenvalue weighted by Gasteiger charge is -2.11. The normalized spacial score (nSPS) is 13.8. The molecule has 2 aromatic carbocycles. The molecule has 20 heavy (non-hydrogen) atoms. The summed E-state index contributed by atoms with van der Waals surface area (Å²) in [5.41, 5.74) is 0.480. The number of rotatable bonds is 4. The fourth-order valence-corrected chi connectivity index (χ4v) is 3.71. The first-order valence-electron chi connectivity index (χ1n) is 5.95. The van der Waals surface area contributed by atoms with Gasteiger partial charge in [-0.1, -0.05) is 45.7 Å². The monoisotopic (exact) mass is 370 g/mol. The third-order valence-corrected chi connectivity index (χ3v) is 5.13. The fraction of sp³-hybridized carbons (Fsp3) is 0.133. The van der Waals surface area contributed by atoms with E-state index in [-0.39, 0.29) is 5.78 Å². The predicted molar refractivity (Wildman–Crippen MR) is 85.8 cm³/mol. The maximum absolute atomic E-state index is 12.4. The Morgan fingerprint density at radius 1 is 1.20 bits per heavy atom. The van der Waals surface area contributed by atoms with Gasteiger partial charge in [0.25, 0.3) is 0 Å². The van der Waals surface area contributed by atoms with E-state index >= 15 is 0 Å². The largest absolute Gasteiger partial charge is 0.293 e. The molecule has 0 amide bonds. The average molecular weight is 372 g/mol. The summed E-state index contributed by atoms with van der Waals surface area (Å²) in [7, 11) is -1.40. The van der Waals surface area contributed by atoms with Crippen molar-refractivity contribution < 1.29 is 9.00 Å². The Morgan fingerprint density at radius 3 is 2.55 bits per heavy atom. The molecule has 0 N–H and O–H groups in total. The van der Waals surface area contributed by atoms with Crippen molar-refractivity contribution in [2.45, 2.75) is 17.1 Å². The summed E-state index contributed by atoms with van der Waals surface area (Å²) in [6, 6.07) is 13.9. The van der Waals surface area contributed by atoms with Crippen LogP contribution in [0.1, 0.15) is 17.3 Å². The van der Waals surface area contributed by atoms with Crippen molar-refractivity contribution in [1.82, 2.24) is 0 Å². The molecule has 104 valence electrons. The van der Waals surface area contributed by atoms with Gasteiger partial charge in [0.1, 0.15) is 0 Å². The number of hydrogen-bond donors (Lipinski definition) is 0. The van der Waals surface area contributed by atoms with E-state index in [1.807, 2.05) is 6.07 Å². The van der Waals surface area contributed by atoms with Crippen LogP contribution in [0, 0.1) is 0 Å². The number of hydrogen-bond acceptors (Lipinski definition) is 2. The Hall–Kier alpha value is -0.970. The highest BCUT2D eigenvalue weighted by atomic mass is 79.9. The Balaban J connectivity index is 2.25. The Morgan fingerprint density at radius 2 is 1.90 bits per heavy atom. The highest BCUT2D eigenvalue weighted by Gasteiger charge is 2.23. The van der Waals surface area contributed by atoms with Crippen LogP contribution < -0.4 is 0 Å². The summed E-state index contributed by atoms with van der Waals surface area (Å²) in [5.74, 6) is -0.175. The summed E-state index contributed by atoms with van der Waals surface area (Å²) < 4.78 is 13.3. The Bertz CT molecular complexity index is 615. The standard InChI is InChI=1S/C15H12BrClO2S/c1-10(15(18)11-4-2-6-13(17)8-11)20(19)14-7-3-5-12(16)9-14/h2-10H,1H3. The van der Waals surface area contributed by atoms with Gasteiger partial charge in [0.15, 0.2) is 5.78 Å². The van der Waals surface area contributed by atoms with Crippen LogP contribution in [0.25, 0.3) is 0 Å². The number of carbonyl (C=O) groups excluding carboxylic acids is 1. The fourth-order valence-electron chi connectivity index (χ4n) is 1.77. The molecule has 0 saturated heterocycles. The minimum absolute atomic E-state index is 0.175. The molecule has 0 saturated carbocycles. The molecular weight excluding hydrogens is 360 g/mol. The van der Waals surface area contributed by atoms with Crippen LogP contribution in [0.3, 0.4) is 0 Å². The minimum Gasteiger partial charge on any atom is -0.293 e. The zero-order valence-corrected chi connectivity index (χ0v) is 13.8. The molecule has 0 aliphatic heterocycles. The molecule has 5 heteroatoms. The topological polar surface area (TPSA) is 34.1 Å². The molecule has 2 aromatic rings. The van der Waals surface area contributed by atoms with Crippen LogP contribution >= 0.6 is 27.5 Å². The van der Waals surface area contributed by atoms with Gasteiger partial charge in [0.05, 0.1) is 16.0 Å². The van der Waals surface area contributed by atoms with Gasteiger partial charge >= 0.3 is 0 Å². The van der Waals surface area contributed by atoms with Crippen LogP contribution in [0.4, 0.5) is 0 Å². The van der Waals surface area contributed by atoms with E-state index in [0.29, 0.717) is 15.5 Å². The van der Waals surface area contributed by atoms with E-state index in [4.69, 9.17) is 11.6 Å². The van der Waals surface area contributed by atoms with Gasteiger partial charge < -0.3 is 0 Å². The first kappa shape index (κ1) is 15.4. The number of ketones is 1. The zero-order valence-electron chi connectivity index (χ0n) is 10.7. The SMILES string of the molecule is CC(C(=O)c1cccc(Cl)c1)S(=O)c1cccc(Br)c1. The van der Waals surface area contributed by atoms with E-state index < -0.39 is 16.0 Å². The maximum Gasteiger partial charge on any atom is 0.178 e. The molecule has 0 heterocycles. The molecule has 0 aliphatic rings. The van der Waals surface area contributed by atoms with Crippen LogP contribution in [0.5, 0.6) is 0 Å². The molecule has 2 rings (SSSR count). The molecular formula is C15H12BrClO2S. The quantitative estimate of drug-likeness (QED) is 0.743. The van der Waals surface area contributed by atoms with E-state index in [0.717, 1.165) is 4.47 Å². The van der Waals surface area contributed by atoms with Gasteiger partial charge in [-0.25, -0.2) is 0 Å². The molecule has 0 spiro atoms. The minimum atomic E-state index is -1.40. The molecule has 0 aromatic heterocycles. The lowest BCUT2D eigenvalue weighted by atomic mass is 10.1. The second kappa shape index (κ2) is 6.66. The van der Waals surface area contributed by atoms with Crippen molar-refractivity contribution in [2.24, 2.45) is 0 Å². The van der Waals surface area contributed by atoms with Gasteiger partial charge in [0, 0.05) is 20.0 Å². The predicted octanol–water partition coefficient (Wildman–Crippen LogP) is 4.48. The van der Waals surface area contributed by atoms with Crippen LogP contribution in [0.15, 0.2) is 57.9 Å². The first-order valence-corrected chi connectivity index (χ1v) is 8.33. The van der Waals surface area contributed by atoms with E-state index in [1.54, 1.807) is 49.4 Å². The van der Waals surface area contributed by atoms with Crippen molar-refractivity contribution in [1.29, 1.82) is 0 Å². The lowest BCUT2D eigenvalue weighted by Crippen LogP contribution is -2.22. The van der Waals surface area contributed by atoms with Crippen molar-refractivity contribution >= 4 is 44.1 Å². The smallest absolute Gasteiger partial charge is 0.178 e. The third-order valence-electron chi connectivity index (χ3n) is 2.83. The molecule has 0 aliphatic carbocycles. The van der Waals surface area contributed by atoms with Crippen molar-refractivity contribution in [3.63, 3.8) is 0 Å².